The molecule has 0 aromatic heterocycles. The number of halogens is 2. The maximum absolute atomic E-state index is 6.98. The molecule has 5 aliphatic rings. The van der Waals surface area contributed by atoms with Gasteiger partial charge in [-0.1, -0.05) is 65.7 Å². The zero-order valence-electron chi connectivity index (χ0n) is 27.4. The first kappa shape index (κ1) is 34.3. The Morgan fingerprint density at radius 3 is 1.60 bits per heavy atom. The van der Waals surface area contributed by atoms with Crippen LogP contribution in [0.25, 0.3) is 0 Å². The number of hydrogen-bond acceptors (Lipinski definition) is 2. The van der Waals surface area contributed by atoms with Gasteiger partial charge in [-0.25, -0.2) is 0 Å². The number of benzene rings is 1. The monoisotopic (exact) mass is 734 g/mol. The first-order valence-corrected chi connectivity index (χ1v) is 25.7. The molecule has 2 aliphatic heterocycles. The minimum absolute atomic E-state index is 0.385. The van der Waals surface area contributed by atoms with E-state index in [-0.39, 0.29) is 0 Å². The summed E-state index contributed by atoms with van der Waals surface area (Å²) in [5.41, 5.74) is 8.63. The molecule has 244 valence electrons. The quantitative estimate of drug-likeness (QED) is 0.224. The van der Waals surface area contributed by atoms with Crippen LogP contribution in [0.15, 0.2) is 24.5 Å². The van der Waals surface area contributed by atoms with Gasteiger partial charge in [-0.3, -0.25) is 0 Å². The summed E-state index contributed by atoms with van der Waals surface area (Å²) in [4.78, 5) is 4.56. The van der Waals surface area contributed by atoms with Crippen molar-refractivity contribution in [2.75, 3.05) is 11.4 Å². The average molecular weight is 735 g/mol. The number of fused-ring (bicyclic) bond motifs is 1. The van der Waals surface area contributed by atoms with Gasteiger partial charge < -0.3 is 0 Å². The molecule has 2 nitrogen and oxygen atoms in total. The van der Waals surface area contributed by atoms with Gasteiger partial charge >= 0.3 is 156 Å². The zero-order valence-corrected chi connectivity index (χ0v) is 31.6. The zero-order chi connectivity index (χ0) is 30.2. The predicted octanol–water partition coefficient (Wildman–Crippen LogP) is 12.0. The van der Waals surface area contributed by atoms with Crippen molar-refractivity contribution >= 4 is 42.0 Å². The van der Waals surface area contributed by atoms with E-state index < -0.39 is 11.9 Å². The van der Waals surface area contributed by atoms with Gasteiger partial charge in [0.1, 0.15) is 0 Å². The van der Waals surface area contributed by atoms with E-state index in [1.165, 1.54) is 84.3 Å². The fourth-order valence-electron chi connectivity index (χ4n) is 8.61. The van der Waals surface area contributed by atoms with Crippen molar-refractivity contribution in [1.82, 2.24) is 4.90 Å². The molecule has 0 unspecified atom stereocenters. The summed E-state index contributed by atoms with van der Waals surface area (Å²) in [6, 6.07) is 4.47. The molecule has 0 N–H and O–H groups in total. The van der Waals surface area contributed by atoms with Crippen molar-refractivity contribution in [1.29, 1.82) is 0 Å². The molecule has 0 saturated heterocycles. The molecule has 1 aromatic carbocycles. The van der Waals surface area contributed by atoms with E-state index in [1.807, 2.05) is 0 Å². The summed E-state index contributed by atoms with van der Waals surface area (Å²) in [6.45, 7) is 7.49. The Morgan fingerprint density at radius 2 is 1.09 bits per heavy atom. The molecule has 3 saturated carbocycles. The van der Waals surface area contributed by atoms with E-state index in [4.69, 9.17) is 19.4 Å². The second-order valence-corrected chi connectivity index (χ2v) is 26.5. The second kappa shape index (κ2) is 16.7. The molecule has 0 radical (unpaired) electrons. The van der Waals surface area contributed by atoms with Crippen LogP contribution >= 0.6 is 27.3 Å². The van der Waals surface area contributed by atoms with Crippen molar-refractivity contribution in [3.05, 3.63) is 41.2 Å². The van der Waals surface area contributed by atoms with Crippen LogP contribution in [0.1, 0.15) is 145 Å². The number of aryl methyl sites for hydroxylation is 3. The Kier molecular flexibility index (Phi) is 13.3. The van der Waals surface area contributed by atoms with Crippen LogP contribution in [-0.4, -0.2) is 37.4 Å². The van der Waals surface area contributed by atoms with Crippen LogP contribution in [0.2, 0.25) is 0 Å². The fraction of sp³-hybridized carbons (Fsp3) is 0.730. The first-order valence-electron chi connectivity index (χ1n) is 17.8. The molecular formula is C37H59Cl2N2PRu. The van der Waals surface area contributed by atoms with Gasteiger partial charge in [-0.05, 0) is 55.5 Å². The van der Waals surface area contributed by atoms with E-state index in [2.05, 4.69) is 59.7 Å². The Balaban J connectivity index is 0.000000176. The number of rotatable bonds is 4. The molecular weight excluding hydrogens is 675 g/mol. The second-order valence-electron chi connectivity index (χ2n) is 14.0. The van der Waals surface area contributed by atoms with Gasteiger partial charge in [-0.15, -0.1) is 0 Å². The van der Waals surface area contributed by atoms with Gasteiger partial charge in [0.25, 0.3) is 0 Å². The fourth-order valence-corrected chi connectivity index (χ4v) is 19.0. The molecule has 6 rings (SSSR count). The number of nitrogens with zero attached hydrogens (tertiary/aromatic N) is 2. The van der Waals surface area contributed by atoms with Crippen molar-refractivity contribution in [3.8, 4) is 0 Å². The van der Waals surface area contributed by atoms with Crippen molar-refractivity contribution < 1.29 is 11.9 Å². The van der Waals surface area contributed by atoms with Crippen molar-refractivity contribution in [2.45, 2.75) is 166 Å². The number of hydrogen-bond donors (Lipinski definition) is 0. The minimum atomic E-state index is -3.01. The van der Waals surface area contributed by atoms with E-state index in [1.54, 1.807) is 77.0 Å². The van der Waals surface area contributed by atoms with Crippen LogP contribution in [0.3, 0.4) is 0 Å². The van der Waals surface area contributed by atoms with Crippen LogP contribution in [0, 0.1) is 20.8 Å². The van der Waals surface area contributed by atoms with E-state index in [0.717, 1.165) is 17.3 Å². The van der Waals surface area contributed by atoms with Gasteiger partial charge in [-0.2, -0.15) is 0 Å². The Labute approximate surface area is 276 Å². The normalized spacial score (nSPS) is 25.1. The van der Waals surface area contributed by atoms with Crippen LogP contribution in [0.5, 0.6) is 0 Å². The van der Waals surface area contributed by atoms with Crippen LogP contribution in [0.4, 0.5) is 5.69 Å². The Bertz CT molecular complexity index is 1130. The van der Waals surface area contributed by atoms with E-state index >= 15 is 0 Å². The number of anilines is 1. The topological polar surface area (TPSA) is 6.48 Å². The third-order valence-corrected chi connectivity index (χ3v) is 20.7. The molecule has 3 aliphatic carbocycles. The standard InChI is InChI=1S/C19H26N2.C18H33P.2ClH.Ru/c1-5-6-7-8-9-10-20-11-12-21(15-20)19-17(3)13-16(2)14-18(19)4;1-4-10-16(11-5-1)19(17-12-6-2-7-13-17)18-14-8-3-9-15-18;;;/h1,11-14H,5-10H2,2-4H3;16-18H,1-15H2;2*1H;/q;;;;+2/p-2. The van der Waals surface area contributed by atoms with Gasteiger partial charge in [0.15, 0.2) is 0 Å². The summed E-state index contributed by atoms with van der Waals surface area (Å²) < 4.78 is 3.35. The molecule has 6 heteroatoms. The molecule has 0 amide bonds. The first-order chi connectivity index (χ1) is 20.8. The van der Waals surface area contributed by atoms with E-state index in [9.17, 15) is 0 Å². The predicted molar refractivity (Wildman–Crippen MR) is 192 cm³/mol. The molecule has 2 heterocycles. The Hall–Kier alpha value is -0.0666. The van der Waals surface area contributed by atoms with Gasteiger partial charge in [0.05, 0.1) is 0 Å². The molecule has 0 bridgehead atoms. The molecule has 0 atom stereocenters. The van der Waals surface area contributed by atoms with Gasteiger partial charge in [0.2, 0.25) is 0 Å². The third kappa shape index (κ3) is 9.06. The summed E-state index contributed by atoms with van der Waals surface area (Å²) in [5, 5.41) is 0. The Morgan fingerprint density at radius 1 is 0.628 bits per heavy atom. The summed E-state index contributed by atoms with van der Waals surface area (Å²) in [5.74, 6) is 0. The molecule has 1 aromatic rings. The van der Waals surface area contributed by atoms with Crippen LogP contribution < -0.4 is 4.90 Å². The maximum atomic E-state index is 6.98. The van der Waals surface area contributed by atoms with Crippen LogP contribution in [-0.2, 0) is 11.9 Å². The summed E-state index contributed by atoms with van der Waals surface area (Å²) >= 11 is -3.01. The SMILES string of the molecule is C1CCC(P(C2CCCCC2)C2CCCCC2)CC1.Cc1cc(C)c(N2C=CN3CCCCCC[CH]=[Ru]([Cl])([Cl])=[C]32)c(C)c1. The van der Waals surface area contributed by atoms with Crippen molar-refractivity contribution in [2.24, 2.45) is 0 Å². The summed E-state index contributed by atoms with van der Waals surface area (Å²) in [6.07, 6.45) is 33.9. The molecule has 3 fully saturated rings. The third-order valence-electron chi connectivity index (χ3n) is 10.5. The molecule has 0 spiro atoms. The van der Waals surface area contributed by atoms with Crippen molar-refractivity contribution in [3.63, 3.8) is 0 Å². The van der Waals surface area contributed by atoms with Gasteiger partial charge in [0, 0.05) is 0 Å². The average Bonchev–Trinajstić information content (AvgIpc) is 3.43. The van der Waals surface area contributed by atoms with E-state index in [0.29, 0.717) is 7.92 Å². The molecule has 43 heavy (non-hydrogen) atoms. The summed E-state index contributed by atoms with van der Waals surface area (Å²) in [7, 11) is 14.3.